The van der Waals surface area contributed by atoms with E-state index in [2.05, 4.69) is 0 Å². The molecule has 0 heterocycles. The van der Waals surface area contributed by atoms with Crippen LogP contribution in [-0.4, -0.2) is 32.5 Å². The van der Waals surface area contributed by atoms with Crippen LogP contribution in [0.5, 0.6) is 5.75 Å². The van der Waals surface area contributed by atoms with Gasteiger partial charge < -0.3 is 9.84 Å². The number of benzene rings is 1. The van der Waals surface area contributed by atoms with E-state index in [9.17, 15) is 17.9 Å². The lowest BCUT2D eigenvalue weighted by atomic mass is 10.3. The fourth-order valence-electron chi connectivity index (χ4n) is 1.18. The Morgan fingerprint density at radius 2 is 2.17 bits per heavy atom. The highest BCUT2D eigenvalue weighted by Crippen LogP contribution is 2.33. The van der Waals surface area contributed by atoms with Gasteiger partial charge in [0.1, 0.15) is 5.82 Å². The lowest BCUT2D eigenvalue weighted by molar-refractivity contribution is 0.163. The van der Waals surface area contributed by atoms with Crippen molar-refractivity contribution in [2.75, 3.05) is 23.7 Å². The van der Waals surface area contributed by atoms with Crippen molar-refractivity contribution in [3.05, 3.63) is 23.0 Å². The number of halogens is 2. The van der Waals surface area contributed by atoms with Crippen molar-refractivity contribution in [2.24, 2.45) is 0 Å². The molecule has 18 heavy (non-hydrogen) atoms. The zero-order chi connectivity index (χ0) is 13.8. The predicted octanol–water partition coefficient (Wildman–Crippen LogP) is 1.96. The van der Waals surface area contributed by atoms with E-state index in [4.69, 9.17) is 16.3 Å². The average Bonchev–Trinajstić information content (AvgIpc) is 2.25. The maximum Gasteiger partial charge on any atom is 0.235 e. The smallest absolute Gasteiger partial charge is 0.235 e. The van der Waals surface area contributed by atoms with Crippen LogP contribution in [0.25, 0.3) is 0 Å². The first kappa shape index (κ1) is 15.0. The number of nitrogens with one attached hydrogen (secondary N) is 1. The van der Waals surface area contributed by atoms with Gasteiger partial charge in [-0.2, -0.15) is 0 Å². The molecule has 0 saturated carbocycles. The molecule has 0 saturated heterocycles. The predicted molar refractivity (Wildman–Crippen MR) is 67.0 cm³/mol. The summed E-state index contributed by atoms with van der Waals surface area (Å²) < 4.78 is 43.1. The first-order valence-electron chi connectivity index (χ1n) is 5.12. The van der Waals surface area contributed by atoms with E-state index in [-0.39, 0.29) is 23.1 Å². The molecular weight excluding hydrogens is 285 g/mol. The number of hydrogen-bond donors (Lipinski definition) is 2. The quantitative estimate of drug-likeness (QED) is 0.622. The summed E-state index contributed by atoms with van der Waals surface area (Å²) in [6, 6.07) is 1.73. The Morgan fingerprint density at radius 1 is 1.50 bits per heavy atom. The van der Waals surface area contributed by atoms with E-state index >= 15 is 0 Å². The molecule has 0 aromatic heterocycles. The second-order valence-corrected chi connectivity index (χ2v) is 5.65. The van der Waals surface area contributed by atoms with Gasteiger partial charge in [0.05, 0.1) is 23.1 Å². The molecule has 0 amide bonds. The Kier molecular flexibility index (Phi) is 5.18. The van der Waals surface area contributed by atoms with Crippen LogP contribution in [0.1, 0.15) is 6.92 Å². The van der Waals surface area contributed by atoms with Gasteiger partial charge in [-0.15, -0.1) is 0 Å². The lowest BCUT2D eigenvalue weighted by Crippen LogP contribution is -2.20. The Labute approximate surface area is 110 Å². The van der Waals surface area contributed by atoms with Crippen LogP contribution in [0.15, 0.2) is 12.1 Å². The molecule has 1 rings (SSSR count). The average molecular weight is 298 g/mol. The van der Waals surface area contributed by atoms with E-state index in [1.807, 2.05) is 4.72 Å². The molecule has 0 aliphatic rings. The SMILES string of the molecule is CCOCCS(=O)(=O)Nc1cc(F)cc(Cl)c1O. The number of ether oxygens (including phenoxy) is 1. The van der Waals surface area contributed by atoms with Crippen molar-refractivity contribution < 1.29 is 22.7 Å². The molecule has 0 bridgehead atoms. The lowest BCUT2D eigenvalue weighted by Gasteiger charge is -2.10. The molecule has 1 aromatic rings. The Balaban J connectivity index is 2.84. The summed E-state index contributed by atoms with van der Waals surface area (Å²) >= 11 is 5.53. The first-order valence-corrected chi connectivity index (χ1v) is 7.15. The minimum absolute atomic E-state index is 0.00957. The van der Waals surface area contributed by atoms with Crippen molar-refractivity contribution in [3.8, 4) is 5.75 Å². The molecular formula is C10H13ClFNO4S. The van der Waals surface area contributed by atoms with Crippen LogP contribution in [0, 0.1) is 5.82 Å². The number of hydrogen-bond acceptors (Lipinski definition) is 4. The minimum atomic E-state index is -3.72. The third-order valence-electron chi connectivity index (χ3n) is 1.99. The summed E-state index contributed by atoms with van der Waals surface area (Å²) in [5.74, 6) is -1.56. The topological polar surface area (TPSA) is 75.6 Å². The van der Waals surface area contributed by atoms with E-state index in [1.54, 1.807) is 6.92 Å². The summed E-state index contributed by atoms with van der Waals surface area (Å²) in [6.45, 7) is 2.14. The summed E-state index contributed by atoms with van der Waals surface area (Å²) in [6.07, 6.45) is 0. The highest BCUT2D eigenvalue weighted by Gasteiger charge is 2.15. The maximum absolute atomic E-state index is 13.0. The number of aromatic hydroxyl groups is 1. The highest BCUT2D eigenvalue weighted by molar-refractivity contribution is 7.92. The van der Waals surface area contributed by atoms with Gasteiger partial charge in [-0.1, -0.05) is 11.6 Å². The fraction of sp³-hybridized carbons (Fsp3) is 0.400. The van der Waals surface area contributed by atoms with E-state index in [0.717, 1.165) is 12.1 Å². The molecule has 1 aromatic carbocycles. The van der Waals surface area contributed by atoms with E-state index < -0.39 is 21.6 Å². The molecule has 2 N–H and O–H groups in total. The highest BCUT2D eigenvalue weighted by atomic mass is 35.5. The zero-order valence-corrected chi connectivity index (χ0v) is 11.2. The van der Waals surface area contributed by atoms with Crippen LogP contribution in [0.3, 0.4) is 0 Å². The van der Waals surface area contributed by atoms with Crippen molar-refractivity contribution in [3.63, 3.8) is 0 Å². The van der Waals surface area contributed by atoms with Gasteiger partial charge in [0, 0.05) is 12.7 Å². The van der Waals surface area contributed by atoms with Crippen molar-refractivity contribution >= 4 is 27.3 Å². The second kappa shape index (κ2) is 6.21. The number of phenols is 1. The number of phenolic OH excluding ortho intramolecular Hbond substituents is 1. The standard InChI is InChI=1S/C10H13ClFNO4S/c1-2-17-3-4-18(15,16)13-9-6-7(12)5-8(11)10(9)14/h5-6,13-14H,2-4H2,1H3. The van der Waals surface area contributed by atoms with Crippen molar-refractivity contribution in [1.29, 1.82) is 0 Å². The van der Waals surface area contributed by atoms with Crippen LogP contribution in [-0.2, 0) is 14.8 Å². The van der Waals surface area contributed by atoms with Crippen LogP contribution < -0.4 is 4.72 Å². The van der Waals surface area contributed by atoms with Gasteiger partial charge in [-0.05, 0) is 13.0 Å². The van der Waals surface area contributed by atoms with Crippen LogP contribution in [0.4, 0.5) is 10.1 Å². The largest absolute Gasteiger partial charge is 0.504 e. The molecule has 0 spiro atoms. The van der Waals surface area contributed by atoms with Crippen LogP contribution >= 0.6 is 11.6 Å². The normalized spacial score (nSPS) is 11.5. The number of sulfonamides is 1. The fourth-order valence-corrected chi connectivity index (χ4v) is 2.31. The first-order chi connectivity index (χ1) is 8.35. The zero-order valence-electron chi connectivity index (χ0n) is 9.61. The third-order valence-corrected chi connectivity index (χ3v) is 3.52. The second-order valence-electron chi connectivity index (χ2n) is 3.40. The van der Waals surface area contributed by atoms with Gasteiger partial charge in [0.25, 0.3) is 0 Å². The van der Waals surface area contributed by atoms with Gasteiger partial charge in [0.2, 0.25) is 10.0 Å². The number of rotatable bonds is 6. The summed E-state index contributed by atoms with van der Waals surface area (Å²) in [7, 11) is -3.72. The maximum atomic E-state index is 13.0. The van der Waals surface area contributed by atoms with Gasteiger partial charge in [-0.3, -0.25) is 4.72 Å². The van der Waals surface area contributed by atoms with Crippen molar-refractivity contribution in [2.45, 2.75) is 6.92 Å². The molecule has 0 aliphatic carbocycles. The molecule has 8 heteroatoms. The van der Waals surface area contributed by atoms with Gasteiger partial charge >= 0.3 is 0 Å². The van der Waals surface area contributed by atoms with E-state index in [1.165, 1.54) is 0 Å². The summed E-state index contributed by atoms with van der Waals surface area (Å²) in [4.78, 5) is 0. The molecule has 0 aliphatic heterocycles. The van der Waals surface area contributed by atoms with Gasteiger partial charge in [0.15, 0.2) is 5.75 Å². The molecule has 102 valence electrons. The Bertz CT molecular complexity index is 521. The molecule has 5 nitrogen and oxygen atoms in total. The minimum Gasteiger partial charge on any atom is -0.504 e. The summed E-state index contributed by atoms with van der Waals surface area (Å²) in [5.41, 5.74) is -0.295. The van der Waals surface area contributed by atoms with E-state index in [0.29, 0.717) is 6.61 Å². The monoisotopic (exact) mass is 297 g/mol. The Hall–Kier alpha value is -1.05. The number of anilines is 1. The Morgan fingerprint density at radius 3 is 2.78 bits per heavy atom. The van der Waals surface area contributed by atoms with Gasteiger partial charge in [-0.25, -0.2) is 12.8 Å². The van der Waals surface area contributed by atoms with Crippen LogP contribution in [0.2, 0.25) is 5.02 Å². The molecule has 0 radical (unpaired) electrons. The molecule has 0 fully saturated rings. The summed E-state index contributed by atoms with van der Waals surface area (Å²) in [5, 5.41) is 9.23. The van der Waals surface area contributed by atoms with Crippen molar-refractivity contribution in [1.82, 2.24) is 0 Å². The molecule has 0 unspecified atom stereocenters. The molecule has 0 atom stereocenters. The third kappa shape index (κ3) is 4.32.